The molecule has 0 spiro atoms. The van der Waals surface area contributed by atoms with Crippen LogP contribution in [0.25, 0.3) is 11.9 Å². The molecule has 0 N–H and O–H groups in total. The Kier molecular flexibility index (Phi) is 5.79. The molecule has 0 aliphatic rings. The van der Waals surface area contributed by atoms with E-state index in [4.69, 9.17) is 34.8 Å². The van der Waals surface area contributed by atoms with Crippen LogP contribution in [0.5, 0.6) is 0 Å². The molecule has 0 aliphatic carbocycles. The van der Waals surface area contributed by atoms with Crippen molar-refractivity contribution in [3.05, 3.63) is 80.7 Å². The molecule has 0 aliphatic heterocycles. The van der Waals surface area contributed by atoms with E-state index in [2.05, 4.69) is 10.1 Å². The Labute approximate surface area is 172 Å². The molecule has 28 heavy (non-hydrogen) atoms. The molecule has 0 atom stereocenters. The summed E-state index contributed by atoms with van der Waals surface area (Å²) in [5.74, 6) is -0.348. The zero-order chi connectivity index (χ0) is 20.5. The number of aromatic nitrogens is 3. The topological polar surface area (TPSA) is 47.8 Å². The molecule has 0 radical (unpaired) electrons. The zero-order valence-electron chi connectivity index (χ0n) is 13.7. The standard InChI is InChI=1S/C18H9Cl3F3N3O/c19-13-3-1-10(7-14(13)20)16(28)4-2-12-5-6-26-27(12)17-15(21)8-11(9-25-17)18(22,23)24/h1-9H. The van der Waals surface area contributed by atoms with Crippen LogP contribution in [0.2, 0.25) is 15.1 Å². The molecule has 1 aromatic carbocycles. The van der Waals surface area contributed by atoms with Crippen LogP contribution in [-0.4, -0.2) is 20.5 Å². The van der Waals surface area contributed by atoms with Gasteiger partial charge in [0.2, 0.25) is 0 Å². The van der Waals surface area contributed by atoms with Crippen LogP contribution in [0, 0.1) is 0 Å². The molecule has 2 aromatic heterocycles. The number of rotatable bonds is 4. The van der Waals surface area contributed by atoms with E-state index in [-0.39, 0.29) is 21.6 Å². The van der Waals surface area contributed by atoms with Crippen LogP contribution in [-0.2, 0) is 6.18 Å². The second-order valence-electron chi connectivity index (χ2n) is 5.52. The number of ketones is 1. The first-order valence-electron chi connectivity index (χ1n) is 7.61. The maximum Gasteiger partial charge on any atom is 0.417 e. The lowest BCUT2D eigenvalue weighted by molar-refractivity contribution is -0.137. The summed E-state index contributed by atoms with van der Waals surface area (Å²) in [6.07, 6.45) is 0.211. The predicted molar refractivity (Wildman–Crippen MR) is 101 cm³/mol. The second-order valence-corrected chi connectivity index (χ2v) is 6.74. The molecule has 144 valence electrons. The highest BCUT2D eigenvalue weighted by Crippen LogP contribution is 2.32. The van der Waals surface area contributed by atoms with E-state index >= 15 is 0 Å². The number of hydrogen-bond donors (Lipinski definition) is 0. The summed E-state index contributed by atoms with van der Waals surface area (Å²) in [6.45, 7) is 0. The Morgan fingerprint density at radius 3 is 2.43 bits per heavy atom. The lowest BCUT2D eigenvalue weighted by Crippen LogP contribution is -2.09. The van der Waals surface area contributed by atoms with Gasteiger partial charge in [-0.3, -0.25) is 4.79 Å². The van der Waals surface area contributed by atoms with Crippen LogP contribution in [0.15, 0.2) is 48.8 Å². The maximum absolute atomic E-state index is 12.8. The summed E-state index contributed by atoms with van der Waals surface area (Å²) in [5.41, 5.74) is -0.259. The first-order chi connectivity index (χ1) is 13.2. The predicted octanol–water partition coefficient (Wildman–Crippen LogP) is 6.14. The van der Waals surface area contributed by atoms with Gasteiger partial charge in [0.15, 0.2) is 11.6 Å². The van der Waals surface area contributed by atoms with Gasteiger partial charge in [0.25, 0.3) is 0 Å². The lowest BCUT2D eigenvalue weighted by Gasteiger charge is -2.10. The van der Waals surface area contributed by atoms with Gasteiger partial charge in [0, 0.05) is 11.8 Å². The van der Waals surface area contributed by atoms with Crippen LogP contribution < -0.4 is 0 Å². The SMILES string of the molecule is O=C(C=Cc1ccnn1-c1ncc(C(F)(F)F)cc1Cl)c1ccc(Cl)c(Cl)c1. The third-order valence-corrected chi connectivity index (χ3v) is 4.65. The number of hydrogen-bond acceptors (Lipinski definition) is 3. The van der Waals surface area contributed by atoms with Crippen molar-refractivity contribution in [1.29, 1.82) is 0 Å². The van der Waals surface area contributed by atoms with E-state index in [0.717, 1.165) is 6.07 Å². The molecule has 2 heterocycles. The number of nitrogens with zero attached hydrogens (tertiary/aromatic N) is 3. The second kappa shape index (κ2) is 7.95. The van der Waals surface area contributed by atoms with E-state index in [1.807, 2.05) is 0 Å². The average molecular weight is 447 g/mol. The van der Waals surface area contributed by atoms with Crippen LogP contribution in [0.3, 0.4) is 0 Å². The summed E-state index contributed by atoms with van der Waals surface area (Å²) in [4.78, 5) is 16.0. The molecule has 0 saturated carbocycles. The minimum absolute atomic E-state index is 0.00121. The molecule has 0 unspecified atom stereocenters. The van der Waals surface area contributed by atoms with Gasteiger partial charge in [0.05, 0.1) is 32.5 Å². The van der Waals surface area contributed by atoms with Crippen molar-refractivity contribution in [2.45, 2.75) is 6.18 Å². The fourth-order valence-electron chi connectivity index (χ4n) is 2.27. The molecule has 0 bridgehead atoms. The Hall–Kier alpha value is -2.35. The van der Waals surface area contributed by atoms with Gasteiger partial charge < -0.3 is 0 Å². The van der Waals surface area contributed by atoms with E-state index < -0.39 is 11.7 Å². The van der Waals surface area contributed by atoms with Gasteiger partial charge >= 0.3 is 6.18 Å². The third-order valence-electron chi connectivity index (χ3n) is 3.63. The van der Waals surface area contributed by atoms with E-state index in [1.54, 1.807) is 6.07 Å². The van der Waals surface area contributed by atoms with E-state index in [0.29, 0.717) is 22.5 Å². The third kappa shape index (κ3) is 4.38. The Bertz CT molecular complexity index is 1080. The molecule has 3 aromatic rings. The van der Waals surface area contributed by atoms with E-state index in [1.165, 1.54) is 41.2 Å². The van der Waals surface area contributed by atoms with Crippen molar-refractivity contribution >= 4 is 46.7 Å². The molecule has 4 nitrogen and oxygen atoms in total. The number of carbonyl (C=O) groups is 1. The summed E-state index contributed by atoms with van der Waals surface area (Å²) < 4.78 is 39.5. The minimum atomic E-state index is -4.56. The summed E-state index contributed by atoms with van der Waals surface area (Å²) >= 11 is 17.7. The molecular formula is C18H9Cl3F3N3O. The number of halogens is 6. The molecular weight excluding hydrogens is 438 g/mol. The molecule has 0 saturated heterocycles. The monoisotopic (exact) mass is 445 g/mol. The molecule has 10 heteroatoms. The highest BCUT2D eigenvalue weighted by molar-refractivity contribution is 6.42. The number of alkyl halides is 3. The van der Waals surface area contributed by atoms with Crippen molar-refractivity contribution in [2.24, 2.45) is 0 Å². The van der Waals surface area contributed by atoms with Gasteiger partial charge in [-0.25, -0.2) is 9.67 Å². The van der Waals surface area contributed by atoms with Gasteiger partial charge in [-0.05, 0) is 42.5 Å². The summed E-state index contributed by atoms with van der Waals surface area (Å²) in [6, 6.07) is 6.77. The summed E-state index contributed by atoms with van der Waals surface area (Å²) in [5, 5.41) is 4.34. The van der Waals surface area contributed by atoms with Crippen molar-refractivity contribution in [3.63, 3.8) is 0 Å². The largest absolute Gasteiger partial charge is 0.417 e. The number of benzene rings is 1. The van der Waals surface area contributed by atoms with Crippen LogP contribution in [0.4, 0.5) is 13.2 Å². The zero-order valence-corrected chi connectivity index (χ0v) is 16.0. The number of pyridine rings is 1. The highest BCUT2D eigenvalue weighted by Gasteiger charge is 2.31. The van der Waals surface area contributed by atoms with Crippen molar-refractivity contribution < 1.29 is 18.0 Å². The quantitative estimate of drug-likeness (QED) is 0.357. The fraction of sp³-hybridized carbons (Fsp3) is 0.0556. The molecule has 0 amide bonds. The normalized spacial score (nSPS) is 11.9. The Balaban J connectivity index is 1.89. The van der Waals surface area contributed by atoms with Crippen LogP contribution >= 0.6 is 34.8 Å². The van der Waals surface area contributed by atoms with Gasteiger partial charge in [-0.1, -0.05) is 34.8 Å². The van der Waals surface area contributed by atoms with Crippen molar-refractivity contribution in [1.82, 2.24) is 14.8 Å². The number of allylic oxidation sites excluding steroid dienone is 1. The average Bonchev–Trinajstić information content (AvgIpc) is 3.09. The van der Waals surface area contributed by atoms with E-state index in [9.17, 15) is 18.0 Å². The lowest BCUT2D eigenvalue weighted by atomic mass is 10.1. The molecule has 0 fully saturated rings. The Morgan fingerprint density at radius 2 is 1.79 bits per heavy atom. The number of carbonyl (C=O) groups excluding carboxylic acids is 1. The van der Waals surface area contributed by atoms with Gasteiger partial charge in [-0.15, -0.1) is 0 Å². The smallest absolute Gasteiger partial charge is 0.289 e. The maximum atomic E-state index is 12.8. The van der Waals surface area contributed by atoms with Gasteiger partial charge in [0.1, 0.15) is 0 Å². The first kappa shape index (κ1) is 20.4. The van der Waals surface area contributed by atoms with Crippen molar-refractivity contribution in [3.8, 4) is 5.82 Å². The Morgan fingerprint density at radius 1 is 1.04 bits per heavy atom. The first-order valence-corrected chi connectivity index (χ1v) is 8.75. The fourth-order valence-corrected chi connectivity index (χ4v) is 2.81. The van der Waals surface area contributed by atoms with Crippen LogP contribution in [0.1, 0.15) is 21.6 Å². The summed E-state index contributed by atoms with van der Waals surface area (Å²) in [7, 11) is 0. The minimum Gasteiger partial charge on any atom is -0.289 e. The van der Waals surface area contributed by atoms with Gasteiger partial charge in [-0.2, -0.15) is 18.3 Å². The molecule has 3 rings (SSSR count). The highest BCUT2D eigenvalue weighted by atomic mass is 35.5. The van der Waals surface area contributed by atoms with Crippen molar-refractivity contribution in [2.75, 3.05) is 0 Å².